The predicted molar refractivity (Wildman–Crippen MR) is 98.8 cm³/mol. The van der Waals surface area contributed by atoms with Crippen molar-refractivity contribution in [3.05, 3.63) is 65.5 Å². The minimum Gasteiger partial charge on any atom is -0.352 e. The Hall–Kier alpha value is -2.96. The van der Waals surface area contributed by atoms with Crippen LogP contribution in [0, 0.1) is 19.8 Å². The van der Waals surface area contributed by atoms with Crippen LogP contribution in [-0.4, -0.2) is 37.0 Å². The van der Waals surface area contributed by atoms with Gasteiger partial charge in [-0.15, -0.1) is 0 Å². The quantitative estimate of drug-likeness (QED) is 0.707. The van der Waals surface area contributed by atoms with Crippen molar-refractivity contribution in [3.8, 4) is 0 Å². The van der Waals surface area contributed by atoms with Crippen LogP contribution in [0.3, 0.4) is 0 Å². The summed E-state index contributed by atoms with van der Waals surface area (Å²) in [7, 11) is 0. The number of nitrogens with one attached hydrogen (secondary N) is 1. The molecule has 0 bridgehead atoms. The number of carbonyl (C=O) groups excluding carboxylic acids is 1. The first kappa shape index (κ1) is 17.8. The van der Waals surface area contributed by atoms with E-state index < -0.39 is 0 Å². The maximum atomic E-state index is 12.3. The molecule has 0 aliphatic heterocycles. The fourth-order valence-corrected chi connectivity index (χ4v) is 2.85. The average molecular weight is 352 g/mol. The van der Waals surface area contributed by atoms with Crippen molar-refractivity contribution in [2.45, 2.75) is 33.9 Å². The Morgan fingerprint density at radius 1 is 1.23 bits per heavy atom. The molecule has 0 aliphatic carbocycles. The van der Waals surface area contributed by atoms with E-state index in [1.807, 2.05) is 42.8 Å². The van der Waals surface area contributed by atoms with Gasteiger partial charge in [0, 0.05) is 24.3 Å². The van der Waals surface area contributed by atoms with Crippen molar-refractivity contribution in [2.24, 2.45) is 5.92 Å². The van der Waals surface area contributed by atoms with E-state index in [-0.39, 0.29) is 5.91 Å². The van der Waals surface area contributed by atoms with Gasteiger partial charge in [0.15, 0.2) is 0 Å². The van der Waals surface area contributed by atoms with E-state index in [1.54, 1.807) is 11.0 Å². The van der Waals surface area contributed by atoms with E-state index in [1.165, 1.54) is 6.33 Å². The highest BCUT2D eigenvalue weighted by Gasteiger charge is 2.10. The Kier molecular flexibility index (Phi) is 5.46. The number of benzene rings is 1. The maximum absolute atomic E-state index is 12.3. The fourth-order valence-electron chi connectivity index (χ4n) is 2.85. The minimum absolute atomic E-state index is 0.0578. The summed E-state index contributed by atoms with van der Waals surface area (Å²) in [6.07, 6.45) is 3.18. The van der Waals surface area contributed by atoms with E-state index in [0.29, 0.717) is 24.6 Å². The van der Waals surface area contributed by atoms with Crippen LogP contribution in [-0.2, 0) is 13.1 Å². The molecule has 1 aromatic carbocycles. The number of nitrogens with zero attached hydrogens (tertiary/aromatic N) is 5. The number of amides is 1. The molecule has 26 heavy (non-hydrogen) atoms. The van der Waals surface area contributed by atoms with E-state index in [9.17, 15) is 4.79 Å². The highest BCUT2D eigenvalue weighted by molar-refractivity contribution is 5.94. The summed E-state index contributed by atoms with van der Waals surface area (Å²) in [6.45, 7) is 8.18. The Bertz CT molecular complexity index is 851. The average Bonchev–Trinajstić information content (AvgIpc) is 3.23. The molecular weight excluding hydrogens is 328 g/mol. The smallest absolute Gasteiger partial charge is 0.251 e. The summed E-state index contributed by atoms with van der Waals surface area (Å²) in [5.74, 6) is 0.237. The zero-order valence-corrected chi connectivity index (χ0v) is 15.4. The van der Waals surface area contributed by atoms with Gasteiger partial charge in [0.2, 0.25) is 0 Å². The summed E-state index contributed by atoms with van der Waals surface area (Å²) in [6, 6.07) is 9.62. The molecule has 0 aliphatic rings. The standard InChI is InChI=1S/C19H24N6O/c1-14(10-25-16(3)8-15(2)23-25)9-21-19(26)18-6-4-17(5-7-18)11-24-13-20-12-22-24/h4-8,12-14H,9-11H2,1-3H3,(H,21,26). The van der Waals surface area contributed by atoms with Crippen molar-refractivity contribution in [2.75, 3.05) is 6.54 Å². The van der Waals surface area contributed by atoms with Crippen LogP contribution >= 0.6 is 0 Å². The van der Waals surface area contributed by atoms with E-state index in [0.717, 1.165) is 23.5 Å². The number of rotatable bonds is 7. The number of hydrogen-bond acceptors (Lipinski definition) is 4. The summed E-state index contributed by atoms with van der Waals surface area (Å²) >= 11 is 0. The lowest BCUT2D eigenvalue weighted by Crippen LogP contribution is -2.30. The predicted octanol–water partition coefficient (Wildman–Crippen LogP) is 2.21. The second-order valence-corrected chi connectivity index (χ2v) is 6.71. The topological polar surface area (TPSA) is 77.6 Å². The molecule has 0 fully saturated rings. The van der Waals surface area contributed by atoms with Crippen LogP contribution in [0.5, 0.6) is 0 Å². The molecule has 1 N–H and O–H groups in total. The van der Waals surface area contributed by atoms with Crippen LogP contribution in [0.2, 0.25) is 0 Å². The third-order valence-electron chi connectivity index (χ3n) is 4.23. The third-order valence-corrected chi connectivity index (χ3v) is 4.23. The third kappa shape index (κ3) is 4.56. The van der Waals surface area contributed by atoms with Crippen molar-refractivity contribution < 1.29 is 4.79 Å². The van der Waals surface area contributed by atoms with Gasteiger partial charge >= 0.3 is 0 Å². The van der Waals surface area contributed by atoms with Crippen LogP contribution < -0.4 is 5.32 Å². The molecule has 2 aromatic heterocycles. The SMILES string of the molecule is Cc1cc(C)n(CC(C)CNC(=O)c2ccc(Cn3cncn3)cc2)n1. The molecule has 1 unspecified atom stereocenters. The van der Waals surface area contributed by atoms with Gasteiger partial charge in [-0.05, 0) is 43.5 Å². The van der Waals surface area contributed by atoms with Crippen LogP contribution in [0.25, 0.3) is 0 Å². The first-order valence-corrected chi connectivity index (χ1v) is 8.72. The Labute approximate surface area is 153 Å². The molecule has 3 aromatic rings. The van der Waals surface area contributed by atoms with Crippen molar-refractivity contribution in [3.63, 3.8) is 0 Å². The summed E-state index contributed by atoms with van der Waals surface area (Å²) in [4.78, 5) is 16.3. The normalized spacial score (nSPS) is 12.1. The first-order valence-electron chi connectivity index (χ1n) is 8.72. The van der Waals surface area contributed by atoms with Gasteiger partial charge < -0.3 is 5.32 Å². The van der Waals surface area contributed by atoms with Crippen molar-refractivity contribution in [1.29, 1.82) is 0 Å². The lowest BCUT2D eigenvalue weighted by molar-refractivity contribution is 0.0946. The van der Waals surface area contributed by atoms with Crippen LogP contribution in [0.15, 0.2) is 43.0 Å². The first-order chi connectivity index (χ1) is 12.5. The molecule has 2 heterocycles. The van der Waals surface area contributed by atoms with Gasteiger partial charge in [-0.2, -0.15) is 10.2 Å². The molecule has 1 amide bonds. The number of hydrogen-bond donors (Lipinski definition) is 1. The van der Waals surface area contributed by atoms with Crippen LogP contribution in [0.1, 0.15) is 34.2 Å². The Morgan fingerprint density at radius 2 is 2.00 bits per heavy atom. The van der Waals surface area contributed by atoms with Gasteiger partial charge in [0.25, 0.3) is 5.91 Å². The molecule has 0 spiro atoms. The molecule has 136 valence electrons. The minimum atomic E-state index is -0.0578. The monoisotopic (exact) mass is 352 g/mol. The van der Waals surface area contributed by atoms with E-state index in [4.69, 9.17) is 0 Å². The Balaban J connectivity index is 1.50. The summed E-state index contributed by atoms with van der Waals surface area (Å²) in [5, 5.41) is 11.5. The lowest BCUT2D eigenvalue weighted by Gasteiger charge is -2.14. The number of aromatic nitrogens is 5. The second-order valence-electron chi connectivity index (χ2n) is 6.71. The molecule has 0 radical (unpaired) electrons. The molecule has 0 saturated heterocycles. The molecule has 7 heteroatoms. The molecule has 0 saturated carbocycles. The second kappa shape index (κ2) is 7.95. The van der Waals surface area contributed by atoms with Gasteiger partial charge in [-0.25, -0.2) is 9.67 Å². The van der Waals surface area contributed by atoms with Crippen molar-refractivity contribution >= 4 is 5.91 Å². The lowest BCUT2D eigenvalue weighted by atomic mass is 10.1. The molecule has 7 nitrogen and oxygen atoms in total. The summed E-state index contributed by atoms with van der Waals surface area (Å²) in [5.41, 5.74) is 3.89. The van der Waals surface area contributed by atoms with Crippen LogP contribution in [0.4, 0.5) is 0 Å². The van der Waals surface area contributed by atoms with Crippen molar-refractivity contribution in [1.82, 2.24) is 29.9 Å². The van der Waals surface area contributed by atoms with E-state index in [2.05, 4.69) is 33.5 Å². The zero-order valence-electron chi connectivity index (χ0n) is 15.4. The van der Waals surface area contributed by atoms with Gasteiger partial charge in [0.05, 0.1) is 12.2 Å². The molecule has 1 atom stereocenters. The fraction of sp³-hybridized carbons (Fsp3) is 0.368. The zero-order chi connectivity index (χ0) is 18.5. The highest BCUT2D eigenvalue weighted by atomic mass is 16.1. The van der Waals surface area contributed by atoms with Gasteiger partial charge in [0.1, 0.15) is 12.7 Å². The number of aryl methyl sites for hydroxylation is 2. The molecule has 3 rings (SSSR count). The summed E-state index contributed by atoms with van der Waals surface area (Å²) < 4.78 is 3.74. The van der Waals surface area contributed by atoms with Gasteiger partial charge in [-0.1, -0.05) is 19.1 Å². The molecular formula is C19H24N6O. The maximum Gasteiger partial charge on any atom is 0.251 e. The van der Waals surface area contributed by atoms with Gasteiger partial charge in [-0.3, -0.25) is 9.48 Å². The Morgan fingerprint density at radius 3 is 2.62 bits per heavy atom. The largest absolute Gasteiger partial charge is 0.352 e. The highest BCUT2D eigenvalue weighted by Crippen LogP contribution is 2.08. The number of carbonyl (C=O) groups is 1. The van der Waals surface area contributed by atoms with E-state index >= 15 is 0 Å².